The third-order valence-electron chi connectivity index (χ3n) is 4.14. The highest BCUT2D eigenvalue weighted by atomic mass is 16.5. The van der Waals surface area contributed by atoms with E-state index in [4.69, 9.17) is 14.0 Å². The summed E-state index contributed by atoms with van der Waals surface area (Å²) in [5, 5.41) is 7.32. The fourth-order valence-corrected chi connectivity index (χ4v) is 2.29. The number of likely N-dealkylation sites (N-methyl/N-ethyl adjacent to an activating group) is 1. The van der Waals surface area contributed by atoms with Crippen molar-refractivity contribution in [2.75, 3.05) is 27.4 Å². The maximum Gasteiger partial charge on any atom is 0.231 e. The molecule has 1 fully saturated rings. The zero-order valence-corrected chi connectivity index (χ0v) is 12.1. The van der Waals surface area contributed by atoms with E-state index in [1.165, 1.54) is 0 Å². The molecule has 0 amide bonds. The normalized spacial score (nSPS) is 22.1. The monoisotopic (exact) mass is 269 g/mol. The van der Waals surface area contributed by atoms with Crippen molar-refractivity contribution in [2.24, 2.45) is 0 Å². The van der Waals surface area contributed by atoms with Gasteiger partial charge in [0.2, 0.25) is 11.7 Å². The van der Waals surface area contributed by atoms with Gasteiger partial charge in [-0.05, 0) is 14.0 Å². The maximum absolute atomic E-state index is 5.66. The summed E-state index contributed by atoms with van der Waals surface area (Å²) in [7, 11) is 3.62. The molecule has 0 bridgehead atoms. The molecular formula is C13H23N3O3. The van der Waals surface area contributed by atoms with Crippen LogP contribution >= 0.6 is 0 Å². The van der Waals surface area contributed by atoms with Gasteiger partial charge in [-0.1, -0.05) is 12.1 Å². The van der Waals surface area contributed by atoms with Crippen LogP contribution in [-0.2, 0) is 15.1 Å². The van der Waals surface area contributed by atoms with Crippen LogP contribution in [0.5, 0.6) is 0 Å². The molecule has 0 aromatic carbocycles. The molecule has 6 heteroatoms. The molecule has 0 aliphatic carbocycles. The minimum atomic E-state index is -0.456. The lowest BCUT2D eigenvalue weighted by Gasteiger charge is -2.32. The summed E-state index contributed by atoms with van der Waals surface area (Å²) in [5.74, 6) is 1.46. The molecule has 1 aliphatic rings. The summed E-state index contributed by atoms with van der Waals surface area (Å²) in [5.41, 5.74) is -0.456. The number of hydrogen-bond acceptors (Lipinski definition) is 6. The standard InChI is InChI=1S/C13H23N3O3/c1-9(10(2)14-3)11-15-12(16-19-11)13(17-4)5-7-18-8-6-13/h9-10,14H,5-8H2,1-4H3. The predicted octanol–water partition coefficient (Wildman–Crippen LogP) is 1.43. The molecule has 2 atom stereocenters. The Kier molecular flexibility index (Phi) is 4.54. The highest BCUT2D eigenvalue weighted by Crippen LogP contribution is 2.34. The van der Waals surface area contributed by atoms with Crippen LogP contribution in [0.2, 0.25) is 0 Å². The maximum atomic E-state index is 5.66. The first kappa shape index (κ1) is 14.4. The van der Waals surface area contributed by atoms with E-state index in [-0.39, 0.29) is 12.0 Å². The average Bonchev–Trinajstić information content (AvgIpc) is 2.96. The van der Waals surface area contributed by atoms with Crippen LogP contribution in [0.15, 0.2) is 4.52 Å². The van der Waals surface area contributed by atoms with Crippen LogP contribution in [0.4, 0.5) is 0 Å². The Morgan fingerprint density at radius 2 is 2.00 bits per heavy atom. The second-order valence-electron chi connectivity index (χ2n) is 5.13. The molecule has 1 aromatic rings. The number of methoxy groups -OCH3 is 1. The van der Waals surface area contributed by atoms with Crippen molar-refractivity contribution in [3.05, 3.63) is 11.7 Å². The fraction of sp³-hybridized carbons (Fsp3) is 0.846. The summed E-state index contributed by atoms with van der Waals surface area (Å²) in [6, 6.07) is 0.279. The lowest BCUT2D eigenvalue weighted by atomic mass is 9.93. The Morgan fingerprint density at radius 1 is 1.32 bits per heavy atom. The molecule has 6 nitrogen and oxygen atoms in total. The summed E-state index contributed by atoms with van der Waals surface area (Å²) >= 11 is 0. The minimum Gasteiger partial charge on any atom is -0.381 e. The SMILES string of the molecule is CNC(C)C(C)c1nc(C2(OC)CCOCC2)no1. The van der Waals surface area contributed by atoms with Crippen LogP contribution < -0.4 is 5.32 Å². The number of nitrogens with zero attached hydrogens (tertiary/aromatic N) is 2. The van der Waals surface area contributed by atoms with Gasteiger partial charge in [0.15, 0.2) is 0 Å². The average molecular weight is 269 g/mol. The van der Waals surface area contributed by atoms with Crippen molar-refractivity contribution in [2.45, 2.75) is 44.2 Å². The molecule has 1 aliphatic heterocycles. The molecule has 1 N–H and O–H groups in total. The predicted molar refractivity (Wildman–Crippen MR) is 70.0 cm³/mol. The second-order valence-corrected chi connectivity index (χ2v) is 5.13. The molecule has 0 saturated carbocycles. The van der Waals surface area contributed by atoms with Crippen molar-refractivity contribution < 1.29 is 14.0 Å². The molecule has 1 aromatic heterocycles. The number of rotatable bonds is 5. The van der Waals surface area contributed by atoms with Crippen LogP contribution in [0.3, 0.4) is 0 Å². The van der Waals surface area contributed by atoms with Gasteiger partial charge in [0, 0.05) is 39.2 Å². The summed E-state index contributed by atoms with van der Waals surface area (Å²) in [4.78, 5) is 4.55. The fourth-order valence-electron chi connectivity index (χ4n) is 2.29. The van der Waals surface area contributed by atoms with Crippen molar-refractivity contribution in [3.8, 4) is 0 Å². The number of hydrogen-bond donors (Lipinski definition) is 1. The van der Waals surface area contributed by atoms with Crippen LogP contribution in [-0.4, -0.2) is 43.6 Å². The molecule has 0 spiro atoms. The van der Waals surface area contributed by atoms with E-state index < -0.39 is 5.60 Å². The summed E-state index contributed by atoms with van der Waals surface area (Å²) in [6.07, 6.45) is 1.52. The van der Waals surface area contributed by atoms with Crippen molar-refractivity contribution in [3.63, 3.8) is 0 Å². The van der Waals surface area contributed by atoms with Gasteiger partial charge in [-0.3, -0.25) is 0 Å². The lowest BCUT2D eigenvalue weighted by Crippen LogP contribution is -2.36. The topological polar surface area (TPSA) is 69.4 Å². The second kappa shape index (κ2) is 5.98. The molecule has 108 valence electrons. The van der Waals surface area contributed by atoms with Gasteiger partial charge in [0.1, 0.15) is 5.60 Å². The van der Waals surface area contributed by atoms with Crippen LogP contribution in [0.1, 0.15) is 44.3 Å². The van der Waals surface area contributed by atoms with E-state index in [0.717, 1.165) is 12.8 Å². The summed E-state index contributed by atoms with van der Waals surface area (Å²) in [6.45, 7) is 5.50. The highest BCUT2D eigenvalue weighted by molar-refractivity contribution is 5.05. The van der Waals surface area contributed by atoms with E-state index >= 15 is 0 Å². The van der Waals surface area contributed by atoms with Crippen molar-refractivity contribution in [1.82, 2.24) is 15.5 Å². The summed E-state index contributed by atoms with van der Waals surface area (Å²) < 4.78 is 16.5. The number of ether oxygens (including phenoxy) is 2. The molecule has 1 saturated heterocycles. The van der Waals surface area contributed by atoms with E-state index in [9.17, 15) is 0 Å². The molecule has 2 rings (SSSR count). The molecule has 2 heterocycles. The Hall–Kier alpha value is -0.980. The van der Waals surface area contributed by atoms with E-state index in [0.29, 0.717) is 24.9 Å². The molecular weight excluding hydrogens is 246 g/mol. The van der Waals surface area contributed by atoms with Gasteiger partial charge in [0.05, 0.1) is 5.92 Å². The molecule has 0 radical (unpaired) electrons. The Morgan fingerprint density at radius 3 is 2.58 bits per heavy atom. The van der Waals surface area contributed by atoms with Crippen molar-refractivity contribution in [1.29, 1.82) is 0 Å². The van der Waals surface area contributed by atoms with Crippen molar-refractivity contribution >= 4 is 0 Å². The largest absolute Gasteiger partial charge is 0.381 e. The van der Waals surface area contributed by atoms with Crippen LogP contribution in [0.25, 0.3) is 0 Å². The number of nitrogens with one attached hydrogen (secondary N) is 1. The molecule has 19 heavy (non-hydrogen) atoms. The molecule has 2 unspecified atom stereocenters. The Balaban J connectivity index is 2.19. The Bertz CT molecular complexity index is 402. The third-order valence-corrected chi connectivity index (χ3v) is 4.14. The third kappa shape index (κ3) is 2.80. The van der Waals surface area contributed by atoms with Crippen LogP contribution in [0, 0.1) is 0 Å². The lowest BCUT2D eigenvalue weighted by molar-refractivity contribution is -0.101. The van der Waals surface area contributed by atoms with Gasteiger partial charge in [-0.2, -0.15) is 4.98 Å². The first-order chi connectivity index (χ1) is 9.13. The quantitative estimate of drug-likeness (QED) is 0.872. The van der Waals surface area contributed by atoms with E-state index in [1.807, 2.05) is 7.05 Å². The van der Waals surface area contributed by atoms with Gasteiger partial charge >= 0.3 is 0 Å². The highest BCUT2D eigenvalue weighted by Gasteiger charge is 2.39. The van der Waals surface area contributed by atoms with E-state index in [1.54, 1.807) is 7.11 Å². The van der Waals surface area contributed by atoms with E-state index in [2.05, 4.69) is 29.3 Å². The van der Waals surface area contributed by atoms with Gasteiger partial charge in [-0.15, -0.1) is 0 Å². The van der Waals surface area contributed by atoms with Gasteiger partial charge < -0.3 is 19.3 Å². The Labute approximate surface area is 113 Å². The smallest absolute Gasteiger partial charge is 0.231 e. The van der Waals surface area contributed by atoms with Gasteiger partial charge in [-0.25, -0.2) is 0 Å². The first-order valence-corrected chi connectivity index (χ1v) is 6.77. The van der Waals surface area contributed by atoms with Gasteiger partial charge in [0.25, 0.3) is 0 Å². The number of aromatic nitrogens is 2. The first-order valence-electron chi connectivity index (χ1n) is 6.77. The zero-order chi connectivity index (χ0) is 13.9. The zero-order valence-electron chi connectivity index (χ0n) is 12.1. The minimum absolute atomic E-state index is 0.167.